The van der Waals surface area contributed by atoms with Crippen LogP contribution in [0, 0.1) is 0 Å². The maximum atomic E-state index is 10.8. The topological polar surface area (TPSA) is 34.4 Å². The number of carbonyl (C=O) groups is 1. The molecule has 0 atom stereocenters. The van der Waals surface area contributed by atoms with Gasteiger partial charge in [0.05, 0.1) is 0 Å². The molecule has 0 aliphatic carbocycles. The Bertz CT molecular complexity index is 117. The van der Waals surface area contributed by atoms with Crippen molar-refractivity contribution in [2.24, 2.45) is 0 Å². The lowest BCUT2D eigenvalue weighted by Gasteiger charge is -2.16. The molecular weight excluding hydrogens is 128 g/mol. The Balaban J connectivity index is 2.35. The Morgan fingerprint density at radius 3 is 2.90 bits per heavy atom. The van der Waals surface area contributed by atoms with Crippen LogP contribution in [0.15, 0.2) is 0 Å². The lowest BCUT2D eigenvalue weighted by Crippen LogP contribution is -2.31. The number of amides is 1. The molecule has 1 amide bonds. The van der Waals surface area contributed by atoms with Gasteiger partial charge in [0.25, 0.3) is 0 Å². The summed E-state index contributed by atoms with van der Waals surface area (Å²) < 4.78 is 0. The molecule has 1 aliphatic heterocycles. The second-order valence-corrected chi connectivity index (χ2v) is 2.53. The van der Waals surface area contributed by atoms with Crippen molar-refractivity contribution in [3.05, 3.63) is 0 Å². The molecule has 1 fully saturated rings. The molecule has 0 spiro atoms. The lowest BCUT2D eigenvalue weighted by molar-refractivity contribution is -0.128. The maximum absolute atomic E-state index is 10.8. The molecule has 10 heavy (non-hydrogen) atoms. The van der Waals surface area contributed by atoms with Crippen molar-refractivity contribution in [1.82, 2.24) is 10.2 Å². The predicted octanol–water partition coefficient (Wildman–Crippen LogP) is -0.157. The first kappa shape index (κ1) is 7.54. The molecule has 1 radical (unpaired) electrons. The molecule has 3 heteroatoms. The van der Waals surface area contributed by atoms with E-state index in [0.717, 1.165) is 32.6 Å². The van der Waals surface area contributed by atoms with Crippen molar-refractivity contribution >= 4 is 5.91 Å². The van der Waals surface area contributed by atoms with Crippen LogP contribution in [0.2, 0.25) is 0 Å². The van der Waals surface area contributed by atoms with Gasteiger partial charge < -0.3 is 4.90 Å². The Labute approximate surface area is 61.4 Å². The summed E-state index contributed by atoms with van der Waals surface area (Å²) in [7, 11) is 0. The Hall–Kier alpha value is -0.570. The van der Waals surface area contributed by atoms with Crippen LogP contribution in [0.3, 0.4) is 0 Å². The van der Waals surface area contributed by atoms with Crippen LogP contribution in [-0.2, 0) is 4.79 Å². The molecule has 0 N–H and O–H groups in total. The molecule has 0 aromatic carbocycles. The zero-order chi connectivity index (χ0) is 7.40. The molecule has 0 unspecified atom stereocenters. The highest BCUT2D eigenvalue weighted by molar-refractivity contribution is 5.73. The Morgan fingerprint density at radius 2 is 2.20 bits per heavy atom. The fourth-order valence-corrected chi connectivity index (χ4v) is 1.10. The van der Waals surface area contributed by atoms with Crippen molar-refractivity contribution in [2.45, 2.75) is 13.3 Å². The minimum absolute atomic E-state index is 0.178. The van der Waals surface area contributed by atoms with E-state index in [2.05, 4.69) is 5.32 Å². The zero-order valence-corrected chi connectivity index (χ0v) is 6.34. The fourth-order valence-electron chi connectivity index (χ4n) is 1.10. The molecule has 1 saturated heterocycles. The van der Waals surface area contributed by atoms with Crippen LogP contribution in [0.4, 0.5) is 0 Å². The van der Waals surface area contributed by atoms with Crippen LogP contribution < -0.4 is 5.32 Å². The van der Waals surface area contributed by atoms with Gasteiger partial charge in [0.2, 0.25) is 5.91 Å². The number of hydrogen-bond acceptors (Lipinski definition) is 1. The Kier molecular flexibility index (Phi) is 2.68. The first-order valence-electron chi connectivity index (χ1n) is 3.69. The standard InChI is InChI=1S/C7H13N2O/c1-7(10)9-5-2-3-8-4-6-9/h2-6H2,1H3. The highest BCUT2D eigenvalue weighted by Gasteiger charge is 2.10. The first-order valence-corrected chi connectivity index (χ1v) is 3.69. The van der Waals surface area contributed by atoms with Crippen LogP contribution in [0.1, 0.15) is 13.3 Å². The Morgan fingerprint density at radius 1 is 1.40 bits per heavy atom. The van der Waals surface area contributed by atoms with Crippen molar-refractivity contribution in [1.29, 1.82) is 0 Å². The van der Waals surface area contributed by atoms with Gasteiger partial charge in [-0.05, 0) is 6.42 Å². The second-order valence-electron chi connectivity index (χ2n) is 2.53. The maximum Gasteiger partial charge on any atom is 0.219 e. The smallest absolute Gasteiger partial charge is 0.219 e. The fraction of sp³-hybridized carbons (Fsp3) is 0.857. The minimum atomic E-state index is 0.178. The molecule has 0 saturated carbocycles. The summed E-state index contributed by atoms with van der Waals surface area (Å²) in [6.45, 7) is 5.06. The summed E-state index contributed by atoms with van der Waals surface area (Å²) in [5.74, 6) is 0.178. The van der Waals surface area contributed by atoms with E-state index >= 15 is 0 Å². The van der Waals surface area contributed by atoms with E-state index < -0.39 is 0 Å². The van der Waals surface area contributed by atoms with Gasteiger partial charge in [-0.3, -0.25) is 4.79 Å². The first-order chi connectivity index (χ1) is 4.80. The van der Waals surface area contributed by atoms with Crippen molar-refractivity contribution in [3.63, 3.8) is 0 Å². The van der Waals surface area contributed by atoms with E-state index in [1.54, 1.807) is 6.92 Å². The van der Waals surface area contributed by atoms with E-state index in [9.17, 15) is 4.79 Å². The van der Waals surface area contributed by atoms with Crippen molar-refractivity contribution < 1.29 is 4.79 Å². The highest BCUT2D eigenvalue weighted by atomic mass is 16.2. The number of nitrogens with zero attached hydrogens (tertiary/aromatic N) is 2. The predicted molar refractivity (Wildman–Crippen MR) is 38.7 cm³/mol. The molecule has 3 nitrogen and oxygen atoms in total. The van der Waals surface area contributed by atoms with Gasteiger partial charge in [-0.1, -0.05) is 0 Å². The van der Waals surface area contributed by atoms with Gasteiger partial charge in [-0.2, -0.15) is 0 Å². The summed E-state index contributed by atoms with van der Waals surface area (Å²) >= 11 is 0. The van der Waals surface area contributed by atoms with Gasteiger partial charge in [-0.25, -0.2) is 5.32 Å². The molecule has 1 rings (SSSR count). The summed E-state index contributed by atoms with van der Waals surface area (Å²) in [5, 5.41) is 4.21. The lowest BCUT2D eigenvalue weighted by atomic mass is 10.4. The molecule has 0 bridgehead atoms. The van der Waals surface area contributed by atoms with Crippen molar-refractivity contribution in [3.8, 4) is 0 Å². The average molecular weight is 141 g/mol. The van der Waals surface area contributed by atoms with Crippen LogP contribution in [0.25, 0.3) is 0 Å². The minimum Gasteiger partial charge on any atom is -0.342 e. The molecule has 0 aromatic heterocycles. The molecule has 0 aromatic rings. The van der Waals surface area contributed by atoms with Crippen LogP contribution in [-0.4, -0.2) is 37.0 Å². The van der Waals surface area contributed by atoms with Crippen LogP contribution in [0.5, 0.6) is 0 Å². The van der Waals surface area contributed by atoms with Gasteiger partial charge in [0.1, 0.15) is 0 Å². The number of rotatable bonds is 0. The molecule has 57 valence electrons. The largest absolute Gasteiger partial charge is 0.342 e. The summed E-state index contributed by atoms with van der Waals surface area (Å²) in [6, 6.07) is 0. The van der Waals surface area contributed by atoms with E-state index in [-0.39, 0.29) is 5.91 Å². The molecule has 1 aliphatic rings. The van der Waals surface area contributed by atoms with Gasteiger partial charge in [0.15, 0.2) is 0 Å². The number of hydrogen-bond donors (Lipinski definition) is 0. The van der Waals surface area contributed by atoms with E-state index in [4.69, 9.17) is 0 Å². The zero-order valence-electron chi connectivity index (χ0n) is 6.34. The monoisotopic (exact) mass is 141 g/mol. The average Bonchev–Trinajstić information content (AvgIpc) is 2.12. The molecule has 1 heterocycles. The third-order valence-corrected chi connectivity index (χ3v) is 1.72. The van der Waals surface area contributed by atoms with Gasteiger partial charge in [0, 0.05) is 33.1 Å². The SMILES string of the molecule is CC(=O)N1CCC[N]CC1. The van der Waals surface area contributed by atoms with E-state index in [0.29, 0.717) is 0 Å². The highest BCUT2D eigenvalue weighted by Crippen LogP contribution is 1.95. The number of carbonyl (C=O) groups excluding carboxylic acids is 1. The summed E-state index contributed by atoms with van der Waals surface area (Å²) in [6.07, 6.45) is 1.03. The van der Waals surface area contributed by atoms with Crippen LogP contribution >= 0.6 is 0 Å². The summed E-state index contributed by atoms with van der Waals surface area (Å²) in [5.41, 5.74) is 0. The second kappa shape index (κ2) is 3.56. The molecular formula is C7H13N2O. The van der Waals surface area contributed by atoms with E-state index in [1.165, 1.54) is 0 Å². The summed E-state index contributed by atoms with van der Waals surface area (Å²) in [4.78, 5) is 12.7. The quantitative estimate of drug-likeness (QED) is 0.461. The third kappa shape index (κ3) is 1.99. The van der Waals surface area contributed by atoms with Crippen molar-refractivity contribution in [2.75, 3.05) is 26.2 Å². The van der Waals surface area contributed by atoms with E-state index in [1.807, 2.05) is 4.90 Å². The van der Waals surface area contributed by atoms with Gasteiger partial charge >= 0.3 is 0 Å². The third-order valence-electron chi connectivity index (χ3n) is 1.72. The van der Waals surface area contributed by atoms with Gasteiger partial charge in [-0.15, -0.1) is 0 Å². The normalized spacial score (nSPS) is 20.3.